The molecule has 0 aromatic carbocycles. The molecule has 0 aliphatic rings. The highest BCUT2D eigenvalue weighted by Gasteiger charge is 2.16. The van der Waals surface area contributed by atoms with E-state index in [9.17, 15) is 4.79 Å². The van der Waals surface area contributed by atoms with Crippen LogP contribution in [0.3, 0.4) is 0 Å². The summed E-state index contributed by atoms with van der Waals surface area (Å²) in [6, 6.07) is 0. The zero-order valence-electron chi connectivity index (χ0n) is 8.85. The molecule has 0 aliphatic heterocycles. The van der Waals surface area contributed by atoms with Crippen molar-refractivity contribution in [1.82, 2.24) is 0 Å². The molecular weight excluding hydrogens is 184 g/mol. The van der Waals surface area contributed by atoms with Crippen molar-refractivity contribution >= 4 is 16.5 Å². The minimum atomic E-state index is -0.329. The molecular formula is C9H18O3Si. The number of carbonyl (C=O) groups is 1. The highest BCUT2D eigenvalue weighted by molar-refractivity contribution is 5.98. The van der Waals surface area contributed by atoms with Gasteiger partial charge in [0.1, 0.15) is 10.5 Å². The van der Waals surface area contributed by atoms with Crippen molar-refractivity contribution in [3.8, 4) is 0 Å². The molecule has 76 valence electrons. The number of esters is 1. The summed E-state index contributed by atoms with van der Waals surface area (Å²) in [4.78, 5) is 11.0. The molecule has 13 heavy (non-hydrogen) atoms. The van der Waals surface area contributed by atoms with Crippen molar-refractivity contribution in [1.29, 1.82) is 0 Å². The third-order valence-corrected chi connectivity index (χ3v) is 2.94. The van der Waals surface area contributed by atoms with Crippen LogP contribution in [0.25, 0.3) is 0 Å². The van der Waals surface area contributed by atoms with Gasteiger partial charge in [-0.2, -0.15) is 0 Å². The van der Waals surface area contributed by atoms with Crippen LogP contribution >= 0.6 is 0 Å². The van der Waals surface area contributed by atoms with E-state index in [0.29, 0.717) is 22.7 Å². The zero-order valence-corrected chi connectivity index (χ0v) is 10.8. The topological polar surface area (TPSA) is 35.5 Å². The van der Waals surface area contributed by atoms with Gasteiger partial charge in [0, 0.05) is 12.0 Å². The van der Waals surface area contributed by atoms with Crippen LogP contribution < -0.4 is 0 Å². The van der Waals surface area contributed by atoms with Gasteiger partial charge in [-0.05, 0) is 20.8 Å². The van der Waals surface area contributed by atoms with Crippen LogP contribution in [0.15, 0.2) is 12.2 Å². The van der Waals surface area contributed by atoms with E-state index in [1.54, 1.807) is 6.92 Å². The lowest BCUT2D eigenvalue weighted by Crippen LogP contribution is -2.25. The average molecular weight is 202 g/mol. The monoisotopic (exact) mass is 202 g/mol. The second-order valence-electron chi connectivity index (χ2n) is 3.63. The van der Waals surface area contributed by atoms with Crippen molar-refractivity contribution in [3.05, 3.63) is 12.2 Å². The number of rotatable bonds is 5. The van der Waals surface area contributed by atoms with Crippen molar-refractivity contribution in [2.45, 2.75) is 32.8 Å². The number of hydrogen-bond acceptors (Lipinski definition) is 3. The Balaban J connectivity index is 3.68. The van der Waals surface area contributed by atoms with Crippen molar-refractivity contribution in [2.24, 2.45) is 0 Å². The molecule has 0 saturated carbocycles. The summed E-state index contributed by atoms with van der Waals surface area (Å²) in [7, 11) is 0.699. The van der Waals surface area contributed by atoms with Gasteiger partial charge < -0.3 is 9.16 Å². The predicted octanol–water partition coefficient (Wildman–Crippen LogP) is 0.571. The van der Waals surface area contributed by atoms with Gasteiger partial charge in [-0.25, -0.2) is 4.79 Å². The molecule has 0 rings (SSSR count). The van der Waals surface area contributed by atoms with E-state index < -0.39 is 0 Å². The zero-order chi connectivity index (χ0) is 10.5. The van der Waals surface area contributed by atoms with Crippen molar-refractivity contribution in [3.63, 3.8) is 0 Å². The minimum Gasteiger partial charge on any atom is -0.462 e. The summed E-state index contributed by atoms with van der Waals surface area (Å²) in [5.74, 6) is -0.329. The van der Waals surface area contributed by atoms with Crippen LogP contribution in [-0.4, -0.2) is 28.7 Å². The van der Waals surface area contributed by atoms with Crippen LogP contribution in [-0.2, 0) is 14.0 Å². The summed E-state index contributed by atoms with van der Waals surface area (Å²) in [5, 5.41) is 0. The van der Waals surface area contributed by atoms with Crippen molar-refractivity contribution in [2.75, 3.05) is 6.61 Å². The molecule has 0 aromatic rings. The largest absolute Gasteiger partial charge is 0.462 e. The fourth-order valence-electron chi connectivity index (χ4n) is 0.615. The highest BCUT2D eigenvalue weighted by Crippen LogP contribution is 2.12. The standard InChI is InChI=1S/C9H18O3Si/c1-7(2)8(10)11-6-5-9(3,4)12-13/h1,5-6H2,2-4,13H3. The Hall–Kier alpha value is -0.613. The molecule has 0 saturated heterocycles. The maximum absolute atomic E-state index is 11.0. The molecule has 0 bridgehead atoms. The summed E-state index contributed by atoms with van der Waals surface area (Å²) < 4.78 is 10.2. The Labute approximate surface area is 82.7 Å². The number of hydrogen-bond donors (Lipinski definition) is 0. The Morgan fingerprint density at radius 2 is 2.08 bits per heavy atom. The fourth-order valence-corrected chi connectivity index (χ4v) is 0.819. The van der Waals surface area contributed by atoms with Crippen LogP contribution in [0.5, 0.6) is 0 Å². The lowest BCUT2D eigenvalue weighted by Gasteiger charge is -2.23. The van der Waals surface area contributed by atoms with Gasteiger partial charge in [0.2, 0.25) is 0 Å². The molecule has 0 fully saturated rings. The molecule has 0 amide bonds. The summed E-state index contributed by atoms with van der Waals surface area (Å²) in [5.41, 5.74) is 0.256. The Bertz CT molecular complexity index is 199. The van der Waals surface area contributed by atoms with Gasteiger partial charge in [-0.3, -0.25) is 0 Å². The van der Waals surface area contributed by atoms with E-state index in [2.05, 4.69) is 6.58 Å². The SMILES string of the molecule is C=C(C)C(=O)OCCC(C)(C)O[SiH3]. The predicted molar refractivity (Wildman–Crippen MR) is 55.5 cm³/mol. The smallest absolute Gasteiger partial charge is 0.333 e. The molecule has 0 N–H and O–H groups in total. The molecule has 0 heterocycles. The lowest BCUT2D eigenvalue weighted by atomic mass is 10.1. The van der Waals surface area contributed by atoms with Gasteiger partial charge in [0.25, 0.3) is 0 Å². The summed E-state index contributed by atoms with van der Waals surface area (Å²) in [6.07, 6.45) is 0.718. The first kappa shape index (κ1) is 12.4. The minimum absolute atomic E-state index is 0.179. The molecule has 0 aliphatic carbocycles. The maximum atomic E-state index is 11.0. The number of carbonyl (C=O) groups excluding carboxylic acids is 1. The van der Waals surface area contributed by atoms with Gasteiger partial charge in [-0.1, -0.05) is 6.58 Å². The Kier molecular flexibility index (Phi) is 4.94. The van der Waals surface area contributed by atoms with E-state index in [1.807, 2.05) is 13.8 Å². The molecule has 0 aromatic heterocycles. The molecule has 0 unspecified atom stereocenters. The molecule has 0 radical (unpaired) electrons. The van der Waals surface area contributed by atoms with Gasteiger partial charge in [-0.15, -0.1) is 0 Å². The quantitative estimate of drug-likeness (QED) is 0.371. The number of ether oxygens (including phenoxy) is 1. The van der Waals surface area contributed by atoms with Gasteiger partial charge in [0.15, 0.2) is 0 Å². The third kappa shape index (κ3) is 5.60. The molecule has 0 spiro atoms. The van der Waals surface area contributed by atoms with Crippen LogP contribution in [0.1, 0.15) is 27.2 Å². The van der Waals surface area contributed by atoms with E-state index in [0.717, 1.165) is 6.42 Å². The second-order valence-corrected chi connectivity index (χ2v) is 4.04. The van der Waals surface area contributed by atoms with E-state index in [1.165, 1.54) is 0 Å². The maximum Gasteiger partial charge on any atom is 0.333 e. The van der Waals surface area contributed by atoms with Crippen molar-refractivity contribution < 1.29 is 14.0 Å². The third-order valence-electron chi connectivity index (χ3n) is 1.84. The lowest BCUT2D eigenvalue weighted by molar-refractivity contribution is -0.139. The van der Waals surface area contributed by atoms with Crippen LogP contribution in [0.2, 0.25) is 0 Å². The van der Waals surface area contributed by atoms with Gasteiger partial charge in [0.05, 0.1) is 12.2 Å². The van der Waals surface area contributed by atoms with Crippen LogP contribution in [0, 0.1) is 0 Å². The van der Waals surface area contributed by atoms with E-state index in [4.69, 9.17) is 9.16 Å². The second kappa shape index (κ2) is 5.19. The fraction of sp³-hybridized carbons (Fsp3) is 0.667. The first-order valence-corrected chi connectivity index (χ1v) is 5.08. The average Bonchev–Trinajstić information content (AvgIpc) is 2.04. The Morgan fingerprint density at radius 3 is 2.46 bits per heavy atom. The van der Waals surface area contributed by atoms with Crippen LogP contribution in [0.4, 0.5) is 0 Å². The molecule has 3 nitrogen and oxygen atoms in total. The Morgan fingerprint density at radius 1 is 1.54 bits per heavy atom. The van der Waals surface area contributed by atoms with E-state index in [-0.39, 0.29) is 11.6 Å². The normalized spacial score (nSPS) is 11.3. The van der Waals surface area contributed by atoms with Gasteiger partial charge >= 0.3 is 5.97 Å². The highest BCUT2D eigenvalue weighted by atomic mass is 28.2. The first-order valence-electron chi connectivity index (χ1n) is 4.27. The molecule has 0 atom stereocenters. The van der Waals surface area contributed by atoms with E-state index >= 15 is 0 Å². The summed E-state index contributed by atoms with van der Waals surface area (Å²) in [6.45, 7) is 9.48. The summed E-state index contributed by atoms with van der Waals surface area (Å²) >= 11 is 0. The molecule has 4 heteroatoms. The first-order chi connectivity index (χ1) is 5.89.